The number of carboxylic acid groups (broad SMARTS) is 1. The van der Waals surface area contributed by atoms with Crippen molar-refractivity contribution in [1.29, 1.82) is 0 Å². The molecule has 1 atom stereocenters. The highest BCUT2D eigenvalue weighted by molar-refractivity contribution is 5.83. The topological polar surface area (TPSA) is 143 Å². The van der Waals surface area contributed by atoms with Gasteiger partial charge in [0.05, 0.1) is 0 Å². The molecule has 0 aliphatic carbocycles. The maximum atomic E-state index is 11.9. The zero-order valence-electron chi connectivity index (χ0n) is 14.1. The fourth-order valence-corrected chi connectivity index (χ4v) is 1.32. The molecule has 0 bridgehead atoms. The van der Waals surface area contributed by atoms with Crippen molar-refractivity contribution in [2.24, 2.45) is 0 Å². The summed E-state index contributed by atoms with van der Waals surface area (Å²) in [6.07, 6.45) is -2.25. The second-order valence-corrected chi connectivity index (χ2v) is 4.61. The Kier molecular flexibility index (Phi) is 8.89. The van der Waals surface area contributed by atoms with Gasteiger partial charge in [0.25, 0.3) is 0 Å². The van der Waals surface area contributed by atoms with Gasteiger partial charge < -0.3 is 24.1 Å². The van der Waals surface area contributed by atoms with Crippen LogP contribution in [0.15, 0.2) is 12.7 Å². The number of hydrogen-bond acceptors (Lipinski definition) is 9. The van der Waals surface area contributed by atoms with Gasteiger partial charge in [0.1, 0.15) is 0 Å². The molecule has 0 amide bonds. The van der Waals surface area contributed by atoms with Crippen LogP contribution in [-0.4, -0.2) is 47.0 Å². The average molecular weight is 360 g/mol. The fourth-order valence-electron chi connectivity index (χ4n) is 1.32. The van der Waals surface area contributed by atoms with Gasteiger partial charge in [-0.25, -0.2) is 9.59 Å². The van der Waals surface area contributed by atoms with E-state index in [0.717, 1.165) is 6.92 Å². The van der Waals surface area contributed by atoms with Crippen molar-refractivity contribution in [3.63, 3.8) is 0 Å². The standard InChI is InChI=1S/C15H20O10/c1-5-10(16)23-15(24-11(17)6-2,25-12(18)7-3)8-13(19)22-9(4)14(20)21/h5,9H,1,6-8H2,2-4H3,(H,20,21). The second-order valence-electron chi connectivity index (χ2n) is 4.61. The molecular formula is C15H20O10. The van der Waals surface area contributed by atoms with Crippen LogP contribution in [0.5, 0.6) is 0 Å². The molecular weight excluding hydrogens is 340 g/mol. The number of rotatable bonds is 10. The predicted octanol–water partition coefficient (Wildman–Crippen LogP) is 0.682. The van der Waals surface area contributed by atoms with Gasteiger partial charge in [-0.05, 0) is 6.92 Å². The van der Waals surface area contributed by atoms with Crippen LogP contribution in [0, 0.1) is 0 Å². The van der Waals surface area contributed by atoms with Crippen molar-refractivity contribution in [3.05, 3.63) is 12.7 Å². The highest BCUT2D eigenvalue weighted by Crippen LogP contribution is 2.24. The van der Waals surface area contributed by atoms with E-state index in [-0.39, 0.29) is 12.8 Å². The van der Waals surface area contributed by atoms with Gasteiger partial charge in [0.15, 0.2) is 12.5 Å². The lowest BCUT2D eigenvalue weighted by molar-refractivity contribution is -0.328. The molecule has 0 aromatic rings. The summed E-state index contributed by atoms with van der Waals surface area (Å²) in [7, 11) is 0. The van der Waals surface area contributed by atoms with Crippen LogP contribution in [0.2, 0.25) is 0 Å². The summed E-state index contributed by atoms with van der Waals surface area (Å²) < 4.78 is 19.0. The second kappa shape index (κ2) is 10.1. The van der Waals surface area contributed by atoms with Gasteiger partial charge in [-0.1, -0.05) is 20.4 Å². The summed E-state index contributed by atoms with van der Waals surface area (Å²) in [6, 6.07) is 0. The van der Waals surface area contributed by atoms with Crippen molar-refractivity contribution in [1.82, 2.24) is 0 Å². The number of carboxylic acids is 1. The Labute approximate surface area is 143 Å². The van der Waals surface area contributed by atoms with Gasteiger partial charge in [0.2, 0.25) is 0 Å². The average Bonchev–Trinajstić information content (AvgIpc) is 2.53. The van der Waals surface area contributed by atoms with Crippen LogP contribution >= 0.6 is 0 Å². The predicted molar refractivity (Wildman–Crippen MR) is 79.6 cm³/mol. The summed E-state index contributed by atoms with van der Waals surface area (Å²) in [5.41, 5.74) is 0. The van der Waals surface area contributed by atoms with E-state index in [4.69, 9.17) is 19.3 Å². The van der Waals surface area contributed by atoms with Gasteiger partial charge in [-0.15, -0.1) is 0 Å². The van der Waals surface area contributed by atoms with Crippen LogP contribution in [0.25, 0.3) is 0 Å². The molecule has 0 radical (unpaired) electrons. The third-order valence-electron chi connectivity index (χ3n) is 2.56. The Bertz CT molecular complexity index is 533. The Morgan fingerprint density at radius 3 is 1.84 bits per heavy atom. The number of ether oxygens (including phenoxy) is 4. The Balaban J connectivity index is 5.60. The number of hydrogen-bond donors (Lipinski definition) is 1. The van der Waals surface area contributed by atoms with E-state index in [2.05, 4.69) is 11.3 Å². The zero-order chi connectivity index (χ0) is 19.6. The Hall–Kier alpha value is -2.91. The first-order chi connectivity index (χ1) is 11.6. The SMILES string of the molecule is C=CC(=O)OC(CC(=O)OC(C)C(=O)O)(OC(=O)CC)OC(=O)CC. The van der Waals surface area contributed by atoms with Crippen LogP contribution < -0.4 is 0 Å². The highest BCUT2D eigenvalue weighted by Gasteiger charge is 2.46. The molecule has 0 aromatic heterocycles. The number of carbonyl (C=O) groups excluding carboxylic acids is 4. The fraction of sp³-hybridized carbons (Fsp3) is 0.533. The molecule has 0 aliphatic rings. The monoisotopic (exact) mass is 360 g/mol. The molecule has 1 N–H and O–H groups in total. The van der Waals surface area contributed by atoms with Crippen LogP contribution in [0.1, 0.15) is 40.0 Å². The van der Waals surface area contributed by atoms with Crippen molar-refractivity contribution < 1.29 is 48.0 Å². The smallest absolute Gasteiger partial charge is 0.434 e. The van der Waals surface area contributed by atoms with Crippen LogP contribution in [0.3, 0.4) is 0 Å². The number of aliphatic carboxylic acids is 1. The van der Waals surface area contributed by atoms with E-state index >= 15 is 0 Å². The first-order valence-electron chi connectivity index (χ1n) is 7.30. The lowest BCUT2D eigenvalue weighted by Gasteiger charge is -2.30. The van der Waals surface area contributed by atoms with E-state index in [1.807, 2.05) is 0 Å². The Morgan fingerprint density at radius 1 is 1.00 bits per heavy atom. The first-order valence-corrected chi connectivity index (χ1v) is 7.30. The zero-order valence-corrected chi connectivity index (χ0v) is 14.1. The van der Waals surface area contributed by atoms with Gasteiger partial charge in [-0.3, -0.25) is 14.4 Å². The lowest BCUT2D eigenvalue weighted by atomic mass is 10.3. The minimum Gasteiger partial charge on any atom is -0.479 e. The maximum Gasteiger partial charge on any atom is 0.434 e. The molecule has 10 heteroatoms. The van der Waals surface area contributed by atoms with Crippen molar-refractivity contribution in [3.8, 4) is 0 Å². The minimum atomic E-state index is -2.72. The molecule has 10 nitrogen and oxygen atoms in total. The molecule has 0 rings (SSSR count). The molecule has 0 spiro atoms. The number of esters is 4. The summed E-state index contributed by atoms with van der Waals surface area (Å²) in [5.74, 6) is -8.43. The molecule has 25 heavy (non-hydrogen) atoms. The molecule has 0 heterocycles. The lowest BCUT2D eigenvalue weighted by Crippen LogP contribution is -2.46. The largest absolute Gasteiger partial charge is 0.479 e. The molecule has 0 saturated carbocycles. The summed E-state index contributed by atoms with van der Waals surface area (Å²) in [6.45, 7) is 7.05. The normalized spacial score (nSPS) is 11.6. The van der Waals surface area contributed by atoms with Crippen LogP contribution in [-0.2, 0) is 42.9 Å². The third-order valence-corrected chi connectivity index (χ3v) is 2.56. The highest BCUT2D eigenvalue weighted by atomic mass is 16.9. The molecule has 140 valence electrons. The van der Waals surface area contributed by atoms with Gasteiger partial charge in [0, 0.05) is 18.9 Å². The third kappa shape index (κ3) is 7.95. The van der Waals surface area contributed by atoms with E-state index in [9.17, 15) is 24.0 Å². The van der Waals surface area contributed by atoms with E-state index < -0.39 is 48.3 Å². The summed E-state index contributed by atoms with van der Waals surface area (Å²) >= 11 is 0. The van der Waals surface area contributed by atoms with Gasteiger partial charge in [-0.2, -0.15) is 0 Å². The van der Waals surface area contributed by atoms with E-state index in [1.54, 1.807) is 0 Å². The first kappa shape index (κ1) is 22.1. The van der Waals surface area contributed by atoms with E-state index in [1.165, 1.54) is 13.8 Å². The van der Waals surface area contributed by atoms with Gasteiger partial charge >= 0.3 is 35.8 Å². The van der Waals surface area contributed by atoms with Crippen molar-refractivity contribution in [2.75, 3.05) is 0 Å². The molecule has 0 fully saturated rings. The maximum absolute atomic E-state index is 11.9. The summed E-state index contributed by atoms with van der Waals surface area (Å²) in [5, 5.41) is 8.73. The summed E-state index contributed by atoms with van der Waals surface area (Å²) in [4.78, 5) is 57.3. The van der Waals surface area contributed by atoms with Crippen molar-refractivity contribution >= 4 is 29.8 Å². The molecule has 0 aromatic carbocycles. The van der Waals surface area contributed by atoms with Crippen molar-refractivity contribution in [2.45, 2.75) is 52.1 Å². The quantitative estimate of drug-likeness (QED) is 0.335. The minimum absolute atomic E-state index is 0.183. The molecule has 0 saturated heterocycles. The molecule has 1 unspecified atom stereocenters. The Morgan fingerprint density at radius 2 is 1.48 bits per heavy atom. The van der Waals surface area contributed by atoms with E-state index in [0.29, 0.717) is 6.08 Å². The van der Waals surface area contributed by atoms with Crippen LogP contribution in [0.4, 0.5) is 0 Å². The number of carbonyl (C=O) groups is 5. The molecule has 0 aliphatic heterocycles.